The Morgan fingerprint density at radius 3 is 2.41 bits per heavy atom. The van der Waals surface area contributed by atoms with Crippen LogP contribution in [-0.2, 0) is 0 Å². The second kappa shape index (κ2) is 4.84. The molecule has 22 heavy (non-hydrogen) atoms. The Bertz CT molecular complexity index is 971. The van der Waals surface area contributed by atoms with Gasteiger partial charge < -0.3 is 5.32 Å². The van der Waals surface area contributed by atoms with Crippen LogP contribution in [0.15, 0.2) is 54.6 Å². The fourth-order valence-electron chi connectivity index (χ4n) is 3.08. The number of aryl methyl sites for hydroxylation is 1. The topological polar surface area (TPSA) is 42.2 Å². The molecule has 0 bridgehead atoms. The van der Waals surface area contributed by atoms with E-state index in [2.05, 4.69) is 68.4 Å². The van der Waals surface area contributed by atoms with Crippen LogP contribution < -0.4 is 5.32 Å². The summed E-state index contributed by atoms with van der Waals surface area (Å²) in [7, 11) is 1.93. The largest absolute Gasteiger partial charge is 0.385 e. The second-order valence-electron chi connectivity index (χ2n) is 5.29. The van der Waals surface area contributed by atoms with E-state index >= 15 is 0 Å². The summed E-state index contributed by atoms with van der Waals surface area (Å²) in [6.45, 7) is 1.98. The highest BCUT2D eigenvalue weighted by molar-refractivity contribution is 6.05. The lowest BCUT2D eigenvalue weighted by atomic mass is 9.99. The molecule has 0 saturated carbocycles. The van der Waals surface area contributed by atoms with Gasteiger partial charge in [-0.2, -0.15) is 0 Å². The molecular weight excluding hydrogens is 272 g/mol. The lowest BCUT2D eigenvalue weighted by molar-refractivity contribution is 1.02. The summed E-state index contributed by atoms with van der Waals surface area (Å²) in [4.78, 5) is 0. The minimum atomic E-state index is 0.859. The first-order valence-corrected chi connectivity index (χ1v) is 7.31. The van der Waals surface area contributed by atoms with Crippen LogP contribution in [0.25, 0.3) is 27.7 Å². The Morgan fingerprint density at radius 2 is 1.64 bits per heavy atom. The van der Waals surface area contributed by atoms with Crippen molar-refractivity contribution in [3.63, 3.8) is 0 Å². The Morgan fingerprint density at radius 1 is 0.909 bits per heavy atom. The van der Waals surface area contributed by atoms with Gasteiger partial charge in [0.15, 0.2) is 5.65 Å². The summed E-state index contributed by atoms with van der Waals surface area (Å²) in [6, 6.07) is 18.8. The second-order valence-corrected chi connectivity index (χ2v) is 5.29. The zero-order valence-corrected chi connectivity index (χ0v) is 12.5. The van der Waals surface area contributed by atoms with Crippen LogP contribution in [0.3, 0.4) is 0 Å². The molecule has 4 heteroatoms. The van der Waals surface area contributed by atoms with Crippen molar-refractivity contribution in [2.24, 2.45) is 0 Å². The number of benzene rings is 2. The predicted octanol–water partition coefficient (Wildman–Crippen LogP) is 3.90. The van der Waals surface area contributed by atoms with Crippen LogP contribution in [0.5, 0.6) is 0 Å². The predicted molar refractivity (Wildman–Crippen MR) is 90.2 cm³/mol. The summed E-state index contributed by atoms with van der Waals surface area (Å²) in [6.07, 6.45) is 0. The highest BCUT2D eigenvalue weighted by Gasteiger charge is 2.17. The third-order valence-corrected chi connectivity index (χ3v) is 4.03. The van der Waals surface area contributed by atoms with Gasteiger partial charge in [-0.1, -0.05) is 48.5 Å². The summed E-state index contributed by atoms with van der Waals surface area (Å²) >= 11 is 0. The van der Waals surface area contributed by atoms with Crippen molar-refractivity contribution < 1.29 is 0 Å². The number of rotatable bonds is 2. The number of nitrogens with zero attached hydrogens (tertiary/aromatic N) is 3. The fourth-order valence-corrected chi connectivity index (χ4v) is 3.08. The molecule has 0 fully saturated rings. The van der Waals surface area contributed by atoms with Crippen molar-refractivity contribution >= 4 is 22.2 Å². The van der Waals surface area contributed by atoms with Gasteiger partial charge in [0.25, 0.3) is 0 Å². The summed E-state index contributed by atoms with van der Waals surface area (Å²) < 4.78 is 2.10. The average molecular weight is 288 g/mol. The van der Waals surface area contributed by atoms with Crippen LogP contribution in [0.1, 0.15) is 5.82 Å². The van der Waals surface area contributed by atoms with Crippen LogP contribution in [0.4, 0.5) is 5.69 Å². The minimum absolute atomic E-state index is 0.859. The van der Waals surface area contributed by atoms with Gasteiger partial charge in [-0.15, -0.1) is 10.2 Å². The first-order valence-electron chi connectivity index (χ1n) is 7.31. The van der Waals surface area contributed by atoms with Crippen molar-refractivity contribution in [1.29, 1.82) is 0 Å². The molecule has 2 heterocycles. The molecule has 108 valence electrons. The first-order chi connectivity index (χ1) is 10.8. The smallest absolute Gasteiger partial charge is 0.185 e. The molecule has 4 nitrogen and oxygen atoms in total. The lowest BCUT2D eigenvalue weighted by Crippen LogP contribution is -2.01. The van der Waals surface area contributed by atoms with Gasteiger partial charge in [0, 0.05) is 18.0 Å². The van der Waals surface area contributed by atoms with E-state index < -0.39 is 0 Å². The number of pyridine rings is 1. The number of para-hydroxylation sites is 1. The van der Waals surface area contributed by atoms with Crippen molar-refractivity contribution in [1.82, 2.24) is 14.6 Å². The number of nitrogens with one attached hydrogen (secondary N) is 1. The molecule has 0 aliphatic carbocycles. The molecule has 4 rings (SSSR count). The molecule has 1 N–H and O–H groups in total. The fraction of sp³-hybridized carbons (Fsp3) is 0.111. The quantitative estimate of drug-likeness (QED) is 0.608. The van der Waals surface area contributed by atoms with Gasteiger partial charge in [-0.3, -0.25) is 4.40 Å². The van der Waals surface area contributed by atoms with E-state index in [-0.39, 0.29) is 0 Å². The molecule has 0 saturated heterocycles. The van der Waals surface area contributed by atoms with Crippen molar-refractivity contribution in [3.05, 3.63) is 60.4 Å². The third-order valence-electron chi connectivity index (χ3n) is 4.03. The maximum Gasteiger partial charge on any atom is 0.185 e. The van der Waals surface area contributed by atoms with E-state index in [9.17, 15) is 0 Å². The van der Waals surface area contributed by atoms with Crippen LogP contribution in [0, 0.1) is 6.92 Å². The zero-order valence-electron chi connectivity index (χ0n) is 12.5. The van der Waals surface area contributed by atoms with Crippen LogP contribution in [-0.4, -0.2) is 21.6 Å². The van der Waals surface area contributed by atoms with Gasteiger partial charge >= 0.3 is 0 Å². The number of fused-ring (bicyclic) bond motifs is 3. The van der Waals surface area contributed by atoms with Crippen molar-refractivity contribution in [2.45, 2.75) is 6.92 Å². The van der Waals surface area contributed by atoms with Gasteiger partial charge in [-0.05, 0) is 18.6 Å². The Kier molecular flexibility index (Phi) is 2.82. The molecule has 2 aromatic heterocycles. The van der Waals surface area contributed by atoms with Gasteiger partial charge in [-0.25, -0.2) is 0 Å². The number of aromatic nitrogens is 3. The zero-order chi connectivity index (χ0) is 15.1. The van der Waals surface area contributed by atoms with E-state index in [1.165, 1.54) is 16.5 Å². The van der Waals surface area contributed by atoms with Crippen LogP contribution in [0.2, 0.25) is 0 Å². The molecule has 0 aliphatic heterocycles. The molecule has 0 aliphatic rings. The third kappa shape index (κ3) is 1.70. The molecule has 2 aromatic carbocycles. The van der Waals surface area contributed by atoms with E-state index in [0.717, 1.165) is 22.7 Å². The van der Waals surface area contributed by atoms with Gasteiger partial charge in [0.1, 0.15) is 5.82 Å². The molecular formula is C18H16N4. The Labute approximate surface area is 128 Å². The summed E-state index contributed by atoms with van der Waals surface area (Å²) in [5.41, 5.74) is 5.32. The molecule has 0 amide bonds. The lowest BCUT2D eigenvalue weighted by Gasteiger charge is -2.15. The maximum absolute atomic E-state index is 4.38. The van der Waals surface area contributed by atoms with Crippen molar-refractivity contribution in [3.8, 4) is 11.1 Å². The molecule has 0 spiro atoms. The summed E-state index contributed by atoms with van der Waals surface area (Å²) in [5.74, 6) is 0.891. The maximum atomic E-state index is 4.38. The molecule has 0 radical (unpaired) electrons. The standard InChI is InChI=1S/C18H16N4/c1-12-20-21-18-17(19-2)16(13-8-4-3-5-9-13)14-10-6-7-11-15(14)22(12)18/h3-11,19H,1-2H3. The number of anilines is 1. The van der Waals surface area contributed by atoms with Crippen molar-refractivity contribution in [2.75, 3.05) is 12.4 Å². The molecule has 0 unspecified atom stereocenters. The summed E-state index contributed by atoms with van der Waals surface area (Å²) in [5, 5.41) is 13.1. The van der Waals surface area contributed by atoms with Gasteiger partial charge in [0.2, 0.25) is 0 Å². The van der Waals surface area contributed by atoms with E-state index in [0.29, 0.717) is 0 Å². The number of hydrogen-bond acceptors (Lipinski definition) is 3. The first kappa shape index (κ1) is 12.8. The van der Waals surface area contributed by atoms with Gasteiger partial charge in [0.05, 0.1) is 11.2 Å². The molecule has 0 atom stereocenters. The SMILES string of the molecule is CNc1c(-c2ccccc2)c2ccccc2n2c(C)nnc12. The highest BCUT2D eigenvalue weighted by Crippen LogP contribution is 2.38. The highest BCUT2D eigenvalue weighted by atomic mass is 15.3. The van der Waals surface area contributed by atoms with Crippen LogP contribution >= 0.6 is 0 Å². The average Bonchev–Trinajstić information content (AvgIpc) is 2.96. The minimum Gasteiger partial charge on any atom is -0.385 e. The number of hydrogen-bond donors (Lipinski definition) is 1. The normalized spacial score (nSPS) is 11.2. The van der Waals surface area contributed by atoms with E-state index in [1.807, 2.05) is 20.0 Å². The van der Waals surface area contributed by atoms with E-state index in [1.54, 1.807) is 0 Å². The Balaban J connectivity index is 2.27. The molecule has 4 aromatic rings. The Hall–Kier alpha value is -2.88. The van der Waals surface area contributed by atoms with E-state index in [4.69, 9.17) is 0 Å². The monoisotopic (exact) mass is 288 g/mol.